The molecule has 6 heteroatoms. The van der Waals surface area contributed by atoms with Crippen molar-refractivity contribution in [2.75, 3.05) is 13.2 Å². The summed E-state index contributed by atoms with van der Waals surface area (Å²) in [6.45, 7) is 4.89. The van der Waals surface area contributed by atoms with E-state index in [-0.39, 0.29) is 18.5 Å². The zero-order valence-corrected chi connectivity index (χ0v) is 40.5. The molecule has 0 aliphatic heterocycles. The number of esters is 1. The van der Waals surface area contributed by atoms with Gasteiger partial charge in [0.05, 0.1) is 25.4 Å². The molecule has 0 aromatic rings. The molecule has 0 aliphatic carbocycles. The largest absolute Gasteiger partial charge is 0.466 e. The van der Waals surface area contributed by atoms with Gasteiger partial charge in [-0.3, -0.25) is 9.59 Å². The van der Waals surface area contributed by atoms with Crippen LogP contribution in [-0.2, 0) is 14.3 Å². The van der Waals surface area contributed by atoms with Crippen LogP contribution in [0.25, 0.3) is 0 Å². The zero-order valence-electron chi connectivity index (χ0n) is 40.5. The molecule has 0 aliphatic rings. The molecule has 2 unspecified atom stereocenters. The maximum Gasteiger partial charge on any atom is 0.305 e. The first-order chi connectivity index (χ1) is 29.5. The van der Waals surface area contributed by atoms with Crippen molar-refractivity contribution in [2.45, 2.75) is 309 Å². The Morgan fingerprint density at radius 3 is 1.18 bits per heavy atom. The summed E-state index contributed by atoms with van der Waals surface area (Å²) < 4.78 is 5.45. The van der Waals surface area contributed by atoms with Gasteiger partial charge in [0.2, 0.25) is 5.91 Å². The Balaban J connectivity index is 3.49. The van der Waals surface area contributed by atoms with Gasteiger partial charge in [-0.25, -0.2) is 0 Å². The highest BCUT2D eigenvalue weighted by atomic mass is 16.5. The molecule has 3 N–H and O–H groups in total. The predicted molar refractivity (Wildman–Crippen MR) is 260 cm³/mol. The lowest BCUT2D eigenvalue weighted by molar-refractivity contribution is -0.143. The third-order valence-corrected chi connectivity index (χ3v) is 12.6. The van der Waals surface area contributed by atoms with Crippen LogP contribution in [-0.4, -0.2) is 47.4 Å². The molecule has 2 atom stereocenters. The molecule has 0 radical (unpaired) electrons. The number of ether oxygens (including phenoxy) is 1. The van der Waals surface area contributed by atoms with Crippen LogP contribution in [0.4, 0.5) is 0 Å². The van der Waals surface area contributed by atoms with Crippen molar-refractivity contribution in [3.8, 4) is 0 Å². The number of unbranched alkanes of at least 4 members (excludes halogenated alkanes) is 37. The van der Waals surface area contributed by atoms with E-state index in [0.29, 0.717) is 25.9 Å². The van der Waals surface area contributed by atoms with E-state index in [9.17, 15) is 19.8 Å². The van der Waals surface area contributed by atoms with E-state index in [1.165, 1.54) is 186 Å². The molecule has 0 spiro atoms. The Hall–Kier alpha value is -1.40. The summed E-state index contributed by atoms with van der Waals surface area (Å²) in [5.41, 5.74) is 0. The molecule has 0 bridgehead atoms. The first-order valence-electron chi connectivity index (χ1n) is 26.9. The van der Waals surface area contributed by atoms with Gasteiger partial charge in [0, 0.05) is 12.8 Å². The Bertz CT molecular complexity index is 893. The van der Waals surface area contributed by atoms with E-state index in [2.05, 4.69) is 31.3 Å². The van der Waals surface area contributed by atoms with Crippen molar-refractivity contribution < 1.29 is 24.5 Å². The van der Waals surface area contributed by atoms with E-state index >= 15 is 0 Å². The third-order valence-electron chi connectivity index (χ3n) is 12.6. The molecular formula is C54H105NO5. The monoisotopic (exact) mass is 848 g/mol. The van der Waals surface area contributed by atoms with Gasteiger partial charge in [-0.1, -0.05) is 244 Å². The van der Waals surface area contributed by atoms with Crippen LogP contribution >= 0.6 is 0 Å². The Morgan fingerprint density at radius 1 is 0.450 bits per heavy atom. The van der Waals surface area contributed by atoms with Crippen LogP contribution in [0, 0.1) is 0 Å². The fourth-order valence-electron chi connectivity index (χ4n) is 8.40. The number of aliphatic hydroxyl groups excluding tert-OH is 2. The highest BCUT2D eigenvalue weighted by Crippen LogP contribution is 2.17. The van der Waals surface area contributed by atoms with E-state index in [0.717, 1.165) is 77.0 Å². The molecule has 0 saturated heterocycles. The van der Waals surface area contributed by atoms with Gasteiger partial charge < -0.3 is 20.3 Å². The minimum atomic E-state index is -0.681. The Morgan fingerprint density at radius 2 is 0.783 bits per heavy atom. The van der Waals surface area contributed by atoms with Crippen molar-refractivity contribution in [2.24, 2.45) is 0 Å². The molecular weight excluding hydrogens is 743 g/mol. The number of hydrogen-bond donors (Lipinski definition) is 3. The topological polar surface area (TPSA) is 95.9 Å². The average molecular weight is 848 g/mol. The minimum Gasteiger partial charge on any atom is -0.466 e. The van der Waals surface area contributed by atoms with Crippen molar-refractivity contribution in [1.82, 2.24) is 5.32 Å². The highest BCUT2D eigenvalue weighted by Gasteiger charge is 2.20. The normalized spacial score (nSPS) is 12.7. The number of rotatable bonds is 50. The summed E-state index contributed by atoms with van der Waals surface area (Å²) in [5, 5.41) is 23.2. The highest BCUT2D eigenvalue weighted by molar-refractivity contribution is 5.76. The number of allylic oxidation sites excluding steroid dienone is 2. The number of nitrogens with one attached hydrogen (secondary N) is 1. The van der Waals surface area contributed by atoms with Crippen molar-refractivity contribution in [3.05, 3.63) is 12.2 Å². The second kappa shape index (κ2) is 50.2. The van der Waals surface area contributed by atoms with Gasteiger partial charge >= 0.3 is 5.97 Å². The Kier molecular flexibility index (Phi) is 49.1. The quantitative estimate of drug-likeness (QED) is 0.0322. The maximum absolute atomic E-state index is 12.5. The number of carbonyl (C=O) groups is 2. The lowest BCUT2D eigenvalue weighted by atomic mass is 10.0. The minimum absolute atomic E-state index is 0.0272. The molecule has 0 rings (SSSR count). The maximum atomic E-state index is 12.5. The van der Waals surface area contributed by atoms with Gasteiger partial charge in [0.25, 0.3) is 0 Å². The van der Waals surface area contributed by atoms with Gasteiger partial charge in [0.1, 0.15) is 0 Å². The fourth-order valence-corrected chi connectivity index (χ4v) is 8.40. The van der Waals surface area contributed by atoms with Crippen LogP contribution < -0.4 is 5.32 Å². The number of amides is 1. The number of carbonyl (C=O) groups excluding carboxylic acids is 2. The van der Waals surface area contributed by atoms with Crippen LogP contribution in [0.15, 0.2) is 12.2 Å². The van der Waals surface area contributed by atoms with Crippen LogP contribution in [0.3, 0.4) is 0 Å². The lowest BCUT2D eigenvalue weighted by Crippen LogP contribution is -2.45. The Labute approximate surface area is 374 Å². The molecule has 1 amide bonds. The van der Waals surface area contributed by atoms with Crippen molar-refractivity contribution in [3.63, 3.8) is 0 Å². The summed E-state index contributed by atoms with van der Waals surface area (Å²) in [5.74, 6) is -0.0891. The summed E-state index contributed by atoms with van der Waals surface area (Å²) in [6.07, 6.45) is 57.6. The summed E-state index contributed by atoms with van der Waals surface area (Å²) in [7, 11) is 0. The predicted octanol–water partition coefficient (Wildman–Crippen LogP) is 16.1. The number of aliphatic hydroxyl groups is 2. The smallest absolute Gasteiger partial charge is 0.305 e. The summed E-state index contributed by atoms with van der Waals surface area (Å²) >= 11 is 0. The van der Waals surface area contributed by atoms with Crippen molar-refractivity contribution >= 4 is 11.9 Å². The van der Waals surface area contributed by atoms with Gasteiger partial charge in [-0.05, 0) is 51.4 Å². The standard InChI is InChI=1S/C54H105NO5/c1-3-5-7-9-11-13-15-17-19-21-23-26-30-34-38-42-46-52(57)51(50-56)55-53(58)47-43-39-35-31-27-25-29-33-37-41-45-49-60-54(59)48-44-40-36-32-28-24-22-20-18-16-14-12-10-8-6-4-2/h29,33,51-52,56-57H,3-28,30-32,34-50H2,1-2H3,(H,55,58)/b33-29-. The average Bonchev–Trinajstić information content (AvgIpc) is 3.25. The first kappa shape index (κ1) is 58.6. The van der Waals surface area contributed by atoms with E-state index in [1.54, 1.807) is 0 Å². The van der Waals surface area contributed by atoms with Crippen molar-refractivity contribution in [1.29, 1.82) is 0 Å². The van der Waals surface area contributed by atoms with Crippen LogP contribution in [0.5, 0.6) is 0 Å². The van der Waals surface area contributed by atoms with Crippen LogP contribution in [0.2, 0.25) is 0 Å². The second-order valence-corrected chi connectivity index (χ2v) is 18.6. The summed E-state index contributed by atoms with van der Waals surface area (Å²) in [6, 6.07) is -0.561. The second-order valence-electron chi connectivity index (χ2n) is 18.6. The van der Waals surface area contributed by atoms with E-state index in [4.69, 9.17) is 4.74 Å². The van der Waals surface area contributed by atoms with Gasteiger partial charge in [-0.2, -0.15) is 0 Å². The molecule has 0 aromatic heterocycles. The lowest BCUT2D eigenvalue weighted by Gasteiger charge is -2.22. The number of hydrogen-bond acceptors (Lipinski definition) is 5. The van der Waals surface area contributed by atoms with Gasteiger partial charge in [0.15, 0.2) is 0 Å². The fraction of sp³-hybridized carbons (Fsp3) is 0.926. The molecule has 0 saturated carbocycles. The summed E-state index contributed by atoms with van der Waals surface area (Å²) in [4.78, 5) is 24.5. The zero-order chi connectivity index (χ0) is 43.7. The van der Waals surface area contributed by atoms with Crippen LogP contribution in [0.1, 0.15) is 296 Å². The molecule has 0 fully saturated rings. The van der Waals surface area contributed by atoms with E-state index < -0.39 is 12.1 Å². The molecule has 6 nitrogen and oxygen atoms in total. The first-order valence-corrected chi connectivity index (χ1v) is 26.9. The third kappa shape index (κ3) is 46.1. The molecule has 356 valence electrons. The molecule has 0 aromatic carbocycles. The van der Waals surface area contributed by atoms with E-state index in [1.807, 2.05) is 0 Å². The SMILES string of the molecule is CCCCCCCCCCCCCCCCCCC(=O)OCCCC/C=C\CCCCCCCC(=O)NC(CO)C(O)CCCCCCCCCCCCCCCCCC. The molecule has 60 heavy (non-hydrogen) atoms. The van der Waals surface area contributed by atoms with Gasteiger partial charge in [-0.15, -0.1) is 0 Å². The molecule has 0 heterocycles.